The Morgan fingerprint density at radius 3 is 2.68 bits per heavy atom. The van der Waals surface area contributed by atoms with Crippen LogP contribution in [0.4, 0.5) is 11.4 Å². The van der Waals surface area contributed by atoms with Crippen molar-refractivity contribution in [2.24, 2.45) is 11.3 Å². The lowest BCUT2D eigenvalue weighted by molar-refractivity contribution is -0.384. The van der Waals surface area contributed by atoms with Crippen molar-refractivity contribution in [2.45, 2.75) is 20.3 Å². The Hall–Kier alpha value is -3.17. The fourth-order valence-corrected chi connectivity index (χ4v) is 3.65. The highest BCUT2D eigenvalue weighted by Gasteiger charge is 2.48. The van der Waals surface area contributed by atoms with Gasteiger partial charge in [-0.25, -0.2) is 0 Å². The van der Waals surface area contributed by atoms with Gasteiger partial charge in [-0.15, -0.1) is 0 Å². The third-order valence-corrected chi connectivity index (χ3v) is 5.57. The molecular weight excluding hydrogens is 370 g/mol. The number of nitro groups is 1. The Kier molecular flexibility index (Phi) is 4.97. The Labute approximate surface area is 160 Å². The minimum absolute atomic E-state index is 0.0686. The van der Waals surface area contributed by atoms with Crippen molar-refractivity contribution in [1.29, 1.82) is 0 Å². The molecule has 0 bridgehead atoms. The molecule has 150 valence electrons. The summed E-state index contributed by atoms with van der Waals surface area (Å²) in [6.45, 7) is 3.36. The number of ether oxygens (including phenoxy) is 1. The summed E-state index contributed by atoms with van der Waals surface area (Å²) in [6, 6.07) is 3.85. The van der Waals surface area contributed by atoms with Crippen molar-refractivity contribution in [2.75, 3.05) is 31.1 Å². The molecule has 1 saturated heterocycles. The SMILES string of the molecule is CC(C)C1(C(=O)O)CCN(C(=O)CN2C(=O)COc3ccc([N+](=O)[O-])cc32)C1. The van der Waals surface area contributed by atoms with Crippen LogP contribution in [-0.2, 0) is 14.4 Å². The van der Waals surface area contributed by atoms with E-state index in [9.17, 15) is 29.6 Å². The predicted octanol–water partition coefficient (Wildman–Crippen LogP) is 1.28. The number of fused-ring (bicyclic) bond motifs is 1. The van der Waals surface area contributed by atoms with E-state index in [0.717, 1.165) is 4.90 Å². The van der Waals surface area contributed by atoms with Gasteiger partial charge in [-0.05, 0) is 18.4 Å². The van der Waals surface area contributed by atoms with E-state index in [-0.39, 0.29) is 49.3 Å². The zero-order chi connectivity index (χ0) is 20.6. The topological polar surface area (TPSA) is 130 Å². The molecule has 10 nitrogen and oxygen atoms in total. The highest BCUT2D eigenvalue weighted by Crippen LogP contribution is 2.39. The number of hydrogen-bond acceptors (Lipinski definition) is 6. The molecule has 28 heavy (non-hydrogen) atoms. The van der Waals surface area contributed by atoms with E-state index in [1.54, 1.807) is 0 Å². The van der Waals surface area contributed by atoms with Gasteiger partial charge in [0.05, 0.1) is 16.0 Å². The van der Waals surface area contributed by atoms with Crippen LogP contribution in [0.1, 0.15) is 20.3 Å². The number of likely N-dealkylation sites (tertiary alicyclic amines) is 1. The van der Waals surface area contributed by atoms with Gasteiger partial charge in [0.1, 0.15) is 12.3 Å². The zero-order valence-corrected chi connectivity index (χ0v) is 15.6. The molecule has 3 rings (SSSR count). The minimum Gasteiger partial charge on any atom is -0.482 e. The first-order valence-electron chi connectivity index (χ1n) is 8.88. The maximum atomic E-state index is 12.8. The molecule has 1 aromatic rings. The summed E-state index contributed by atoms with van der Waals surface area (Å²) >= 11 is 0. The van der Waals surface area contributed by atoms with Crippen LogP contribution in [0.5, 0.6) is 5.75 Å². The number of hydrogen-bond donors (Lipinski definition) is 1. The molecule has 2 amide bonds. The summed E-state index contributed by atoms with van der Waals surface area (Å²) in [5.74, 6) is -1.72. The van der Waals surface area contributed by atoms with E-state index in [1.807, 2.05) is 13.8 Å². The largest absolute Gasteiger partial charge is 0.482 e. The Morgan fingerprint density at radius 2 is 2.11 bits per heavy atom. The van der Waals surface area contributed by atoms with Gasteiger partial charge in [0.25, 0.3) is 11.6 Å². The lowest BCUT2D eigenvalue weighted by Gasteiger charge is -2.31. The average molecular weight is 391 g/mol. The van der Waals surface area contributed by atoms with E-state index in [4.69, 9.17) is 4.74 Å². The second-order valence-electron chi connectivity index (χ2n) is 7.36. The average Bonchev–Trinajstić information content (AvgIpc) is 3.10. The van der Waals surface area contributed by atoms with Crippen molar-refractivity contribution in [3.63, 3.8) is 0 Å². The molecule has 2 heterocycles. The molecule has 1 aromatic carbocycles. The third-order valence-electron chi connectivity index (χ3n) is 5.57. The van der Waals surface area contributed by atoms with Gasteiger partial charge in [0.2, 0.25) is 5.91 Å². The van der Waals surface area contributed by atoms with Crippen LogP contribution in [0.3, 0.4) is 0 Å². The van der Waals surface area contributed by atoms with Crippen molar-refractivity contribution in [3.8, 4) is 5.75 Å². The smallest absolute Gasteiger partial charge is 0.311 e. The molecule has 1 unspecified atom stereocenters. The van der Waals surface area contributed by atoms with E-state index >= 15 is 0 Å². The van der Waals surface area contributed by atoms with Crippen LogP contribution in [0.2, 0.25) is 0 Å². The Bertz CT molecular complexity index is 854. The highest BCUT2D eigenvalue weighted by atomic mass is 16.6. The molecule has 0 aliphatic carbocycles. The molecule has 10 heteroatoms. The number of non-ortho nitro benzene ring substituents is 1. The van der Waals surface area contributed by atoms with Gasteiger partial charge in [-0.1, -0.05) is 13.8 Å². The fourth-order valence-electron chi connectivity index (χ4n) is 3.65. The first-order valence-corrected chi connectivity index (χ1v) is 8.88. The number of anilines is 1. The van der Waals surface area contributed by atoms with E-state index in [2.05, 4.69) is 0 Å². The molecule has 1 fully saturated rings. The van der Waals surface area contributed by atoms with Crippen molar-refractivity contribution in [3.05, 3.63) is 28.3 Å². The van der Waals surface area contributed by atoms with Gasteiger partial charge in [0, 0.05) is 25.2 Å². The summed E-state index contributed by atoms with van der Waals surface area (Å²) in [7, 11) is 0. The Balaban J connectivity index is 1.82. The first kappa shape index (κ1) is 19.6. The number of carboxylic acid groups (broad SMARTS) is 1. The Morgan fingerprint density at radius 1 is 1.39 bits per heavy atom. The van der Waals surface area contributed by atoms with Crippen LogP contribution < -0.4 is 9.64 Å². The first-order chi connectivity index (χ1) is 13.2. The second-order valence-corrected chi connectivity index (χ2v) is 7.36. The second kappa shape index (κ2) is 7.10. The quantitative estimate of drug-likeness (QED) is 0.591. The fraction of sp³-hybridized carbons (Fsp3) is 0.500. The molecule has 0 spiro atoms. The molecule has 1 N–H and O–H groups in total. The van der Waals surface area contributed by atoms with Gasteiger partial charge in [-0.2, -0.15) is 0 Å². The van der Waals surface area contributed by atoms with E-state index in [0.29, 0.717) is 6.42 Å². The number of amides is 2. The molecule has 2 aliphatic rings. The van der Waals surface area contributed by atoms with Gasteiger partial charge >= 0.3 is 5.97 Å². The highest BCUT2D eigenvalue weighted by molar-refractivity contribution is 6.02. The normalized spacial score (nSPS) is 21.5. The summed E-state index contributed by atoms with van der Waals surface area (Å²) in [4.78, 5) is 49.9. The number of carbonyl (C=O) groups is 3. The maximum absolute atomic E-state index is 12.8. The van der Waals surface area contributed by atoms with Crippen molar-refractivity contribution < 1.29 is 29.2 Å². The van der Waals surface area contributed by atoms with Gasteiger partial charge < -0.3 is 14.7 Å². The van der Waals surface area contributed by atoms with Gasteiger partial charge in [0.15, 0.2) is 6.61 Å². The van der Waals surface area contributed by atoms with Gasteiger partial charge in [-0.3, -0.25) is 29.4 Å². The number of rotatable bonds is 5. The van der Waals surface area contributed by atoms with Crippen molar-refractivity contribution >= 4 is 29.2 Å². The number of carbonyl (C=O) groups excluding carboxylic acids is 2. The molecule has 0 radical (unpaired) electrons. The van der Waals surface area contributed by atoms with E-state index < -0.39 is 28.1 Å². The maximum Gasteiger partial charge on any atom is 0.311 e. The molecular formula is C18H21N3O7. The number of benzene rings is 1. The summed E-state index contributed by atoms with van der Waals surface area (Å²) in [5, 5.41) is 20.7. The van der Waals surface area contributed by atoms with E-state index in [1.165, 1.54) is 23.1 Å². The summed E-state index contributed by atoms with van der Waals surface area (Å²) in [5.41, 5.74) is -1.08. The van der Waals surface area contributed by atoms with Crippen LogP contribution in [0.25, 0.3) is 0 Å². The number of nitrogens with zero attached hydrogens (tertiary/aromatic N) is 3. The standard InChI is InChI=1S/C18H21N3O7/c1-11(2)18(17(24)25)5-6-19(10-18)15(22)8-20-13-7-12(21(26)27)3-4-14(13)28-9-16(20)23/h3-4,7,11H,5-6,8-10H2,1-2H3,(H,24,25). The number of carboxylic acids is 1. The van der Waals surface area contributed by atoms with Crippen LogP contribution in [0, 0.1) is 21.4 Å². The summed E-state index contributed by atoms with van der Waals surface area (Å²) < 4.78 is 5.29. The summed E-state index contributed by atoms with van der Waals surface area (Å²) in [6.07, 6.45) is 0.338. The lowest BCUT2D eigenvalue weighted by atomic mass is 9.76. The molecule has 2 aliphatic heterocycles. The van der Waals surface area contributed by atoms with Crippen LogP contribution in [0.15, 0.2) is 18.2 Å². The molecule has 1 atom stereocenters. The minimum atomic E-state index is -1.01. The van der Waals surface area contributed by atoms with Crippen LogP contribution >= 0.6 is 0 Å². The zero-order valence-electron chi connectivity index (χ0n) is 15.6. The monoisotopic (exact) mass is 391 g/mol. The van der Waals surface area contributed by atoms with Crippen molar-refractivity contribution in [1.82, 2.24) is 4.90 Å². The number of aliphatic carboxylic acids is 1. The molecule has 0 aromatic heterocycles. The third kappa shape index (κ3) is 3.25. The molecule has 0 saturated carbocycles. The van der Waals surface area contributed by atoms with Crippen LogP contribution in [-0.4, -0.2) is 59.0 Å². The lowest BCUT2D eigenvalue weighted by Crippen LogP contribution is -2.47. The number of nitro benzene ring substituents is 1. The predicted molar refractivity (Wildman–Crippen MR) is 97.0 cm³/mol.